The zero-order valence-corrected chi connectivity index (χ0v) is 19.4. The fourth-order valence-electron chi connectivity index (χ4n) is 2.97. The number of benzene rings is 2. The number of sulfonamides is 1. The number of amides is 2. The Hall–Kier alpha value is -2.72. The van der Waals surface area contributed by atoms with E-state index in [2.05, 4.69) is 5.32 Å². The fraction of sp³-hybridized carbons (Fsp3) is 0.333. The quantitative estimate of drug-likeness (QED) is 0.589. The number of likely N-dealkylation sites (N-methyl/N-ethyl adjacent to an activating group) is 1. The van der Waals surface area contributed by atoms with Crippen molar-refractivity contribution < 1.29 is 26.8 Å². The first-order chi connectivity index (χ1) is 15.0. The van der Waals surface area contributed by atoms with Gasteiger partial charge in [0.2, 0.25) is 21.8 Å². The molecule has 2 amide bonds. The molecular formula is C21H24ClF2N3O4S. The van der Waals surface area contributed by atoms with Crippen molar-refractivity contribution in [2.24, 2.45) is 0 Å². The second-order valence-corrected chi connectivity index (χ2v) is 9.37. The van der Waals surface area contributed by atoms with E-state index in [0.717, 1.165) is 27.6 Å². The number of carbonyl (C=O) groups is 2. The SMILES string of the molecule is CCNC(=O)[C@H](C)N(Cc1ccccc1F)C(=O)CN(c1ccc(F)c(Cl)c1)S(C)(=O)=O. The van der Waals surface area contributed by atoms with Crippen molar-refractivity contribution in [2.45, 2.75) is 26.4 Å². The van der Waals surface area contributed by atoms with E-state index >= 15 is 0 Å². The van der Waals surface area contributed by atoms with Gasteiger partial charge in [-0.1, -0.05) is 29.8 Å². The topological polar surface area (TPSA) is 86.8 Å². The van der Waals surface area contributed by atoms with Crippen LogP contribution in [0.4, 0.5) is 14.5 Å². The molecule has 0 aliphatic rings. The smallest absolute Gasteiger partial charge is 0.244 e. The Morgan fingerprint density at radius 2 is 1.78 bits per heavy atom. The van der Waals surface area contributed by atoms with Gasteiger partial charge in [-0.05, 0) is 38.1 Å². The molecule has 1 atom stereocenters. The molecule has 0 unspecified atom stereocenters. The third-order valence-electron chi connectivity index (χ3n) is 4.69. The first kappa shape index (κ1) is 25.5. The minimum Gasteiger partial charge on any atom is -0.355 e. The van der Waals surface area contributed by atoms with E-state index in [1.807, 2.05) is 0 Å². The standard InChI is InChI=1S/C21H24ClF2N3O4S/c1-4-25-21(29)14(2)26(12-15-7-5-6-8-18(15)23)20(28)13-27(32(3,30)31)16-9-10-19(24)17(22)11-16/h5-11,14H,4,12-13H2,1-3H3,(H,25,29)/t14-/m0/s1. The molecule has 2 rings (SSSR count). The molecule has 0 aliphatic heterocycles. The van der Waals surface area contributed by atoms with Gasteiger partial charge in [-0.2, -0.15) is 0 Å². The van der Waals surface area contributed by atoms with E-state index in [4.69, 9.17) is 11.6 Å². The van der Waals surface area contributed by atoms with Crippen molar-refractivity contribution in [3.05, 3.63) is 64.7 Å². The van der Waals surface area contributed by atoms with E-state index in [1.54, 1.807) is 13.0 Å². The van der Waals surface area contributed by atoms with Crippen LogP contribution in [-0.2, 0) is 26.2 Å². The van der Waals surface area contributed by atoms with Gasteiger partial charge < -0.3 is 10.2 Å². The monoisotopic (exact) mass is 487 g/mol. The Morgan fingerprint density at radius 1 is 1.12 bits per heavy atom. The Labute approximate surface area is 191 Å². The van der Waals surface area contributed by atoms with Gasteiger partial charge in [0.05, 0.1) is 17.0 Å². The molecule has 2 aromatic carbocycles. The van der Waals surface area contributed by atoms with Crippen LogP contribution in [-0.4, -0.2) is 50.5 Å². The predicted octanol–water partition coefficient (Wildman–Crippen LogP) is 2.94. The zero-order chi connectivity index (χ0) is 24.1. The molecule has 32 heavy (non-hydrogen) atoms. The molecule has 7 nitrogen and oxygen atoms in total. The van der Waals surface area contributed by atoms with E-state index < -0.39 is 46.1 Å². The summed E-state index contributed by atoms with van der Waals surface area (Å²) in [5.41, 5.74) is 0.136. The van der Waals surface area contributed by atoms with Gasteiger partial charge in [0, 0.05) is 18.7 Å². The number of anilines is 1. The number of rotatable bonds is 9. The molecule has 0 spiro atoms. The average Bonchev–Trinajstić information content (AvgIpc) is 2.72. The summed E-state index contributed by atoms with van der Waals surface area (Å²) in [6, 6.07) is 7.98. The van der Waals surface area contributed by atoms with Crippen LogP contribution in [0, 0.1) is 11.6 Å². The van der Waals surface area contributed by atoms with Crippen molar-refractivity contribution in [3.8, 4) is 0 Å². The Kier molecular flexibility index (Phi) is 8.57. The average molecular weight is 488 g/mol. The summed E-state index contributed by atoms with van der Waals surface area (Å²) in [5.74, 6) is -2.55. The van der Waals surface area contributed by atoms with Gasteiger partial charge in [0.1, 0.15) is 24.2 Å². The van der Waals surface area contributed by atoms with E-state index in [0.29, 0.717) is 6.54 Å². The Balaban J connectivity index is 2.42. The van der Waals surface area contributed by atoms with Crippen LogP contribution < -0.4 is 9.62 Å². The maximum atomic E-state index is 14.2. The van der Waals surface area contributed by atoms with E-state index in [-0.39, 0.29) is 22.8 Å². The minimum atomic E-state index is -3.98. The lowest BCUT2D eigenvalue weighted by Gasteiger charge is -2.31. The lowest BCUT2D eigenvalue weighted by Crippen LogP contribution is -2.51. The molecule has 11 heteroatoms. The number of nitrogens with zero attached hydrogens (tertiary/aromatic N) is 2. The zero-order valence-electron chi connectivity index (χ0n) is 17.8. The number of halogens is 3. The Morgan fingerprint density at radius 3 is 2.34 bits per heavy atom. The maximum Gasteiger partial charge on any atom is 0.244 e. The normalized spacial score (nSPS) is 12.2. The van der Waals surface area contributed by atoms with Crippen LogP contribution in [0.5, 0.6) is 0 Å². The molecule has 0 saturated heterocycles. The highest BCUT2D eigenvalue weighted by Crippen LogP contribution is 2.25. The highest BCUT2D eigenvalue weighted by Gasteiger charge is 2.30. The molecule has 0 bridgehead atoms. The van der Waals surface area contributed by atoms with Gasteiger partial charge in [0.25, 0.3) is 0 Å². The summed E-state index contributed by atoms with van der Waals surface area (Å²) in [5, 5.41) is 2.28. The van der Waals surface area contributed by atoms with Crippen molar-refractivity contribution in [1.82, 2.24) is 10.2 Å². The van der Waals surface area contributed by atoms with Crippen molar-refractivity contribution >= 4 is 39.1 Å². The largest absolute Gasteiger partial charge is 0.355 e. The summed E-state index contributed by atoms with van der Waals surface area (Å²) in [6.07, 6.45) is 0.881. The van der Waals surface area contributed by atoms with Gasteiger partial charge in [-0.3, -0.25) is 13.9 Å². The molecule has 0 aliphatic carbocycles. The molecule has 0 radical (unpaired) electrons. The third kappa shape index (κ3) is 6.39. The second-order valence-electron chi connectivity index (χ2n) is 7.05. The van der Waals surface area contributed by atoms with Crippen molar-refractivity contribution in [3.63, 3.8) is 0 Å². The molecule has 0 saturated carbocycles. The van der Waals surface area contributed by atoms with E-state index in [9.17, 15) is 26.8 Å². The van der Waals surface area contributed by atoms with Crippen molar-refractivity contribution in [1.29, 1.82) is 0 Å². The van der Waals surface area contributed by atoms with Gasteiger partial charge in [0.15, 0.2) is 0 Å². The van der Waals surface area contributed by atoms with Crippen LogP contribution in [0.25, 0.3) is 0 Å². The van der Waals surface area contributed by atoms with Crippen LogP contribution in [0.2, 0.25) is 5.02 Å². The van der Waals surface area contributed by atoms with Crippen molar-refractivity contribution in [2.75, 3.05) is 23.7 Å². The molecule has 0 heterocycles. The lowest BCUT2D eigenvalue weighted by molar-refractivity contribution is -0.139. The number of nitrogens with one attached hydrogen (secondary N) is 1. The summed E-state index contributed by atoms with van der Waals surface area (Å²) in [6.45, 7) is 2.53. The summed E-state index contributed by atoms with van der Waals surface area (Å²) >= 11 is 5.77. The Bertz CT molecular complexity index is 1100. The van der Waals surface area contributed by atoms with Gasteiger partial charge in [-0.15, -0.1) is 0 Å². The number of hydrogen-bond donors (Lipinski definition) is 1. The van der Waals surface area contributed by atoms with Crippen LogP contribution in [0.15, 0.2) is 42.5 Å². The summed E-state index contributed by atoms with van der Waals surface area (Å²) in [4.78, 5) is 26.7. The van der Waals surface area contributed by atoms with Crippen LogP contribution >= 0.6 is 11.6 Å². The molecule has 0 fully saturated rings. The minimum absolute atomic E-state index is 0.0243. The molecule has 174 valence electrons. The molecule has 1 N–H and O–H groups in total. The third-order valence-corrected chi connectivity index (χ3v) is 6.12. The first-order valence-electron chi connectivity index (χ1n) is 9.69. The van der Waals surface area contributed by atoms with Crippen LogP contribution in [0.3, 0.4) is 0 Å². The predicted molar refractivity (Wildman–Crippen MR) is 119 cm³/mol. The summed E-state index contributed by atoms with van der Waals surface area (Å²) in [7, 11) is -3.98. The number of hydrogen-bond acceptors (Lipinski definition) is 4. The van der Waals surface area contributed by atoms with E-state index in [1.165, 1.54) is 31.2 Å². The number of carbonyl (C=O) groups excluding carboxylic acids is 2. The molecular weight excluding hydrogens is 464 g/mol. The highest BCUT2D eigenvalue weighted by molar-refractivity contribution is 7.92. The van der Waals surface area contributed by atoms with Gasteiger partial charge >= 0.3 is 0 Å². The summed E-state index contributed by atoms with van der Waals surface area (Å²) < 4.78 is 53.3. The van der Waals surface area contributed by atoms with Gasteiger partial charge in [-0.25, -0.2) is 17.2 Å². The first-order valence-corrected chi connectivity index (χ1v) is 11.9. The highest BCUT2D eigenvalue weighted by atomic mass is 35.5. The fourth-order valence-corrected chi connectivity index (χ4v) is 3.98. The van der Waals surface area contributed by atoms with Crippen LogP contribution in [0.1, 0.15) is 19.4 Å². The second kappa shape index (κ2) is 10.7. The molecule has 0 aromatic heterocycles. The maximum absolute atomic E-state index is 14.2. The molecule has 2 aromatic rings. The lowest BCUT2D eigenvalue weighted by atomic mass is 10.1.